The highest BCUT2D eigenvalue weighted by atomic mass is 32.1. The summed E-state index contributed by atoms with van der Waals surface area (Å²) < 4.78 is 6.35. The highest BCUT2D eigenvalue weighted by molar-refractivity contribution is 7.17. The first-order valence-corrected chi connectivity index (χ1v) is 11.9. The van der Waals surface area contributed by atoms with Gasteiger partial charge >= 0.3 is 0 Å². The highest BCUT2D eigenvalue weighted by Crippen LogP contribution is 2.44. The van der Waals surface area contributed by atoms with Crippen molar-refractivity contribution in [1.29, 1.82) is 0 Å². The monoisotopic (exact) mass is 400 g/mol. The minimum absolute atomic E-state index is 0.416. The van der Waals surface area contributed by atoms with Crippen molar-refractivity contribution < 1.29 is 4.74 Å². The largest absolute Gasteiger partial charge is 0.378 e. The van der Waals surface area contributed by atoms with Gasteiger partial charge < -0.3 is 15.0 Å². The molecule has 3 fully saturated rings. The molecule has 0 spiro atoms. The fourth-order valence-electron chi connectivity index (χ4n) is 5.49. The first-order chi connectivity index (χ1) is 13.7. The smallest absolute Gasteiger partial charge is 0.141 e. The molecule has 3 aliphatic heterocycles. The van der Waals surface area contributed by atoms with Crippen LogP contribution in [-0.2, 0) is 4.74 Å². The highest BCUT2D eigenvalue weighted by Gasteiger charge is 2.42. The average molecular weight is 401 g/mol. The minimum atomic E-state index is 0.416. The Labute approximate surface area is 171 Å². The Morgan fingerprint density at radius 3 is 2.75 bits per heavy atom. The van der Waals surface area contributed by atoms with E-state index in [1.807, 2.05) is 0 Å². The predicted molar refractivity (Wildman–Crippen MR) is 115 cm³/mol. The summed E-state index contributed by atoms with van der Waals surface area (Å²) in [4.78, 5) is 13.1. The molecule has 28 heavy (non-hydrogen) atoms. The first-order valence-electron chi connectivity index (χ1n) is 11.1. The normalized spacial score (nSPS) is 30.0. The SMILES string of the molecule is CC(C)c1csc2ncnc(N3C4CCC3CC(OCCC3CCCN3)C4)c12. The Bertz CT molecular complexity index is 802. The third-order valence-electron chi connectivity index (χ3n) is 6.92. The van der Waals surface area contributed by atoms with Crippen molar-refractivity contribution >= 4 is 27.4 Å². The van der Waals surface area contributed by atoms with Crippen LogP contribution in [0.25, 0.3) is 10.2 Å². The van der Waals surface area contributed by atoms with Crippen LogP contribution in [-0.4, -0.2) is 47.3 Å². The molecule has 152 valence electrons. The maximum absolute atomic E-state index is 6.35. The van der Waals surface area contributed by atoms with E-state index in [9.17, 15) is 0 Å². The molecule has 0 amide bonds. The van der Waals surface area contributed by atoms with Crippen LogP contribution in [0.5, 0.6) is 0 Å². The number of thiophene rings is 1. The minimum Gasteiger partial charge on any atom is -0.378 e. The van der Waals surface area contributed by atoms with Crippen molar-refractivity contribution in [2.24, 2.45) is 0 Å². The number of fused-ring (bicyclic) bond motifs is 3. The lowest BCUT2D eigenvalue weighted by atomic mass is 9.98. The third kappa shape index (κ3) is 3.44. The van der Waals surface area contributed by atoms with Crippen LogP contribution in [0.2, 0.25) is 0 Å². The van der Waals surface area contributed by atoms with Crippen LogP contribution < -0.4 is 10.2 Å². The number of nitrogens with one attached hydrogen (secondary N) is 1. The Morgan fingerprint density at radius 2 is 2.04 bits per heavy atom. The van der Waals surface area contributed by atoms with Gasteiger partial charge in [0.2, 0.25) is 0 Å². The first kappa shape index (κ1) is 18.8. The summed E-state index contributed by atoms with van der Waals surface area (Å²) in [5.41, 5.74) is 1.40. The zero-order valence-corrected chi connectivity index (χ0v) is 17.9. The Morgan fingerprint density at radius 1 is 1.21 bits per heavy atom. The van der Waals surface area contributed by atoms with E-state index in [1.165, 1.54) is 49.0 Å². The zero-order valence-electron chi connectivity index (χ0n) is 17.1. The molecule has 0 aliphatic carbocycles. The molecule has 0 radical (unpaired) electrons. The second-order valence-corrected chi connectivity index (χ2v) is 9.92. The van der Waals surface area contributed by atoms with E-state index in [1.54, 1.807) is 17.7 Å². The predicted octanol–water partition coefficient (Wildman–Crippen LogP) is 4.47. The van der Waals surface area contributed by atoms with Crippen molar-refractivity contribution in [3.05, 3.63) is 17.3 Å². The number of hydrogen-bond acceptors (Lipinski definition) is 6. The number of anilines is 1. The molecule has 2 aromatic rings. The van der Waals surface area contributed by atoms with Crippen LogP contribution in [0.15, 0.2) is 11.7 Å². The molecule has 2 bridgehead atoms. The van der Waals surface area contributed by atoms with Crippen LogP contribution in [0.1, 0.15) is 70.3 Å². The topological polar surface area (TPSA) is 50.3 Å². The molecule has 1 N–H and O–H groups in total. The average Bonchev–Trinajstić information content (AvgIpc) is 3.40. The summed E-state index contributed by atoms with van der Waals surface area (Å²) in [6.45, 7) is 6.63. The van der Waals surface area contributed by atoms with Gasteiger partial charge in [-0.2, -0.15) is 0 Å². The standard InChI is InChI=1S/C22H32N4OS/c1-14(2)19-12-28-22-20(19)21(24-13-25-22)26-16-5-6-17(26)11-18(10-16)27-9-7-15-4-3-8-23-15/h12-18,23H,3-11H2,1-2H3. The van der Waals surface area contributed by atoms with Gasteiger partial charge in [-0.1, -0.05) is 13.8 Å². The van der Waals surface area contributed by atoms with Gasteiger partial charge in [-0.3, -0.25) is 0 Å². The molecule has 3 saturated heterocycles. The molecule has 2 aromatic heterocycles. The number of hydrogen-bond donors (Lipinski definition) is 1. The molecule has 0 aromatic carbocycles. The molecule has 3 aliphatic rings. The van der Waals surface area contributed by atoms with Gasteiger partial charge in [-0.05, 0) is 68.4 Å². The van der Waals surface area contributed by atoms with Gasteiger partial charge in [0.15, 0.2) is 0 Å². The van der Waals surface area contributed by atoms with Crippen molar-refractivity contribution in [3.8, 4) is 0 Å². The van der Waals surface area contributed by atoms with E-state index in [0.717, 1.165) is 30.7 Å². The molecule has 6 heteroatoms. The van der Waals surface area contributed by atoms with E-state index < -0.39 is 0 Å². The molecule has 5 heterocycles. The maximum Gasteiger partial charge on any atom is 0.141 e. The van der Waals surface area contributed by atoms with Crippen LogP contribution in [0.3, 0.4) is 0 Å². The third-order valence-corrected chi connectivity index (χ3v) is 7.82. The van der Waals surface area contributed by atoms with Crippen molar-refractivity contribution in [2.75, 3.05) is 18.1 Å². The summed E-state index contributed by atoms with van der Waals surface area (Å²) in [6.07, 6.45) is 10.8. The number of aromatic nitrogens is 2. The van der Waals surface area contributed by atoms with Gasteiger partial charge in [0.25, 0.3) is 0 Å². The number of ether oxygens (including phenoxy) is 1. The van der Waals surface area contributed by atoms with Crippen LogP contribution >= 0.6 is 11.3 Å². The Hall–Kier alpha value is -1.24. The van der Waals surface area contributed by atoms with Crippen LogP contribution in [0, 0.1) is 0 Å². The Kier molecular flexibility index (Phi) is 5.28. The summed E-state index contributed by atoms with van der Waals surface area (Å²) in [5, 5.41) is 7.16. The van der Waals surface area contributed by atoms with Crippen molar-refractivity contribution in [2.45, 2.75) is 88.9 Å². The summed E-state index contributed by atoms with van der Waals surface area (Å²) in [7, 11) is 0. The van der Waals surface area contributed by atoms with E-state index >= 15 is 0 Å². The lowest BCUT2D eigenvalue weighted by molar-refractivity contribution is 0.0224. The molecule has 0 saturated carbocycles. The second-order valence-electron chi connectivity index (χ2n) is 9.06. The molecule has 3 unspecified atom stereocenters. The second kappa shape index (κ2) is 7.88. The lowest BCUT2D eigenvalue weighted by Crippen LogP contribution is -2.46. The molecular formula is C22H32N4OS. The van der Waals surface area contributed by atoms with E-state index in [2.05, 4.69) is 34.4 Å². The van der Waals surface area contributed by atoms with Gasteiger partial charge in [0, 0.05) is 24.7 Å². The van der Waals surface area contributed by atoms with Gasteiger partial charge in [-0.25, -0.2) is 9.97 Å². The van der Waals surface area contributed by atoms with E-state index in [4.69, 9.17) is 9.72 Å². The van der Waals surface area contributed by atoms with E-state index in [0.29, 0.717) is 30.1 Å². The van der Waals surface area contributed by atoms with Gasteiger partial charge in [0.1, 0.15) is 17.0 Å². The number of piperidine rings is 1. The molecule has 5 rings (SSSR count). The lowest BCUT2D eigenvalue weighted by Gasteiger charge is -2.40. The molecule has 5 nitrogen and oxygen atoms in total. The number of rotatable bonds is 6. The zero-order chi connectivity index (χ0) is 19.1. The fourth-order valence-corrected chi connectivity index (χ4v) is 6.55. The van der Waals surface area contributed by atoms with Crippen molar-refractivity contribution in [1.82, 2.24) is 15.3 Å². The maximum atomic E-state index is 6.35. The molecular weight excluding hydrogens is 368 g/mol. The molecule has 3 atom stereocenters. The van der Waals surface area contributed by atoms with E-state index in [-0.39, 0.29) is 0 Å². The Balaban J connectivity index is 1.31. The quantitative estimate of drug-likeness (QED) is 0.775. The summed E-state index contributed by atoms with van der Waals surface area (Å²) in [6, 6.07) is 1.80. The van der Waals surface area contributed by atoms with Crippen LogP contribution in [0.4, 0.5) is 5.82 Å². The summed E-state index contributed by atoms with van der Waals surface area (Å²) >= 11 is 1.76. The fraction of sp³-hybridized carbons (Fsp3) is 0.727. The number of nitrogens with zero attached hydrogens (tertiary/aromatic N) is 3. The van der Waals surface area contributed by atoms with Gasteiger partial charge in [0.05, 0.1) is 11.5 Å². The summed E-state index contributed by atoms with van der Waals surface area (Å²) in [5.74, 6) is 1.68. The van der Waals surface area contributed by atoms with Crippen molar-refractivity contribution in [3.63, 3.8) is 0 Å². The van der Waals surface area contributed by atoms with Gasteiger partial charge in [-0.15, -0.1) is 11.3 Å².